The van der Waals surface area contributed by atoms with E-state index in [0.717, 1.165) is 6.29 Å². The van der Waals surface area contributed by atoms with E-state index in [-0.39, 0.29) is 6.61 Å². The van der Waals surface area contributed by atoms with Gasteiger partial charge < -0.3 is 19.5 Å². The number of carbonyl (C=O) groups excluding carboxylic acids is 2. The van der Waals surface area contributed by atoms with Crippen molar-refractivity contribution in [1.82, 2.24) is 15.3 Å². The molecule has 2 aromatic heterocycles. The second-order valence-corrected chi connectivity index (χ2v) is 10.8. The highest BCUT2D eigenvalue weighted by Crippen LogP contribution is 2.42. The van der Waals surface area contributed by atoms with E-state index in [1.807, 2.05) is 39.0 Å². The van der Waals surface area contributed by atoms with Gasteiger partial charge in [-0.3, -0.25) is 9.78 Å². The standard InChI is InChI=1S/C31H29Cl2N3O5/c1-31(2,3)36-30(38)41-17-20-11-12-24(35-29(20)40-5)23-8-6-7-21(26(23)32)22-13-14-34-28(27(22)33)18-9-10-19(16-37)25(15-18)39-4/h6-16H,17H2,1-5H3,(H,36,38). The van der Waals surface area contributed by atoms with Crippen LogP contribution >= 0.6 is 23.2 Å². The molecule has 0 unspecified atom stereocenters. The van der Waals surface area contributed by atoms with Gasteiger partial charge in [-0.05, 0) is 51.1 Å². The van der Waals surface area contributed by atoms with Gasteiger partial charge in [0.2, 0.25) is 5.88 Å². The summed E-state index contributed by atoms with van der Waals surface area (Å²) in [6.45, 7) is 5.59. The molecular formula is C31H29Cl2N3O5. The lowest BCUT2D eigenvalue weighted by Gasteiger charge is -2.20. The van der Waals surface area contributed by atoms with Crippen molar-refractivity contribution >= 4 is 35.6 Å². The maximum Gasteiger partial charge on any atom is 0.407 e. The van der Waals surface area contributed by atoms with Crippen LogP contribution in [0.2, 0.25) is 10.0 Å². The van der Waals surface area contributed by atoms with E-state index < -0.39 is 11.6 Å². The number of hydrogen-bond acceptors (Lipinski definition) is 7. The Balaban J connectivity index is 1.68. The van der Waals surface area contributed by atoms with E-state index in [0.29, 0.717) is 66.4 Å². The van der Waals surface area contributed by atoms with Gasteiger partial charge in [-0.25, -0.2) is 9.78 Å². The molecule has 8 nitrogen and oxygen atoms in total. The highest BCUT2D eigenvalue weighted by Gasteiger charge is 2.19. The minimum Gasteiger partial charge on any atom is -0.496 e. The van der Waals surface area contributed by atoms with Crippen LogP contribution < -0.4 is 14.8 Å². The zero-order valence-electron chi connectivity index (χ0n) is 23.2. The normalized spacial score (nSPS) is 11.1. The first-order valence-electron chi connectivity index (χ1n) is 12.6. The number of nitrogens with zero attached hydrogens (tertiary/aromatic N) is 2. The topological polar surface area (TPSA) is 99.6 Å². The SMILES string of the molecule is COc1cc(-c2nccc(-c3cccc(-c4ccc(COC(=O)NC(C)(C)C)c(OC)n4)c3Cl)c2Cl)ccc1C=O. The summed E-state index contributed by atoms with van der Waals surface area (Å²) in [5.41, 5.74) is 4.39. The van der Waals surface area contributed by atoms with Crippen LogP contribution in [0, 0.1) is 0 Å². The number of alkyl carbamates (subject to hydrolysis) is 1. The number of carbonyl (C=O) groups is 2. The van der Waals surface area contributed by atoms with Gasteiger partial charge in [0.15, 0.2) is 6.29 Å². The number of aldehydes is 1. The molecule has 1 amide bonds. The van der Waals surface area contributed by atoms with Gasteiger partial charge in [0, 0.05) is 34.0 Å². The van der Waals surface area contributed by atoms with Crippen LogP contribution in [0.1, 0.15) is 36.7 Å². The summed E-state index contributed by atoms with van der Waals surface area (Å²) in [4.78, 5) is 32.5. The predicted molar refractivity (Wildman–Crippen MR) is 160 cm³/mol. The largest absolute Gasteiger partial charge is 0.496 e. The molecular weight excluding hydrogens is 565 g/mol. The van der Waals surface area contributed by atoms with Gasteiger partial charge in [-0.15, -0.1) is 0 Å². The molecule has 0 radical (unpaired) electrons. The van der Waals surface area contributed by atoms with Crippen molar-refractivity contribution in [1.29, 1.82) is 0 Å². The molecule has 4 rings (SSSR count). The zero-order chi connectivity index (χ0) is 29.7. The first-order chi connectivity index (χ1) is 19.6. The number of benzene rings is 2. The van der Waals surface area contributed by atoms with E-state index >= 15 is 0 Å². The first-order valence-corrected chi connectivity index (χ1v) is 13.4. The van der Waals surface area contributed by atoms with Crippen LogP contribution in [0.5, 0.6) is 11.6 Å². The van der Waals surface area contributed by atoms with Gasteiger partial charge >= 0.3 is 6.09 Å². The zero-order valence-corrected chi connectivity index (χ0v) is 24.8. The summed E-state index contributed by atoms with van der Waals surface area (Å²) in [5.74, 6) is 0.731. The smallest absolute Gasteiger partial charge is 0.407 e. The number of aromatic nitrogens is 2. The number of halogens is 2. The number of methoxy groups -OCH3 is 2. The summed E-state index contributed by atoms with van der Waals surface area (Å²) in [5, 5.41) is 3.57. The molecule has 1 N–H and O–H groups in total. The van der Waals surface area contributed by atoms with Crippen molar-refractivity contribution in [3.63, 3.8) is 0 Å². The second-order valence-electron chi connectivity index (χ2n) is 10.1. The van der Waals surface area contributed by atoms with Gasteiger partial charge in [0.25, 0.3) is 0 Å². The minimum absolute atomic E-state index is 0.0137. The third-order valence-corrected chi connectivity index (χ3v) is 6.85. The van der Waals surface area contributed by atoms with Crippen molar-refractivity contribution < 1.29 is 23.8 Å². The van der Waals surface area contributed by atoms with Gasteiger partial charge in [0.1, 0.15) is 12.4 Å². The van der Waals surface area contributed by atoms with E-state index in [9.17, 15) is 9.59 Å². The number of nitrogens with one attached hydrogen (secondary N) is 1. The maximum atomic E-state index is 12.1. The Labute approximate surface area is 248 Å². The lowest BCUT2D eigenvalue weighted by molar-refractivity contribution is 0.112. The number of hydrogen-bond donors (Lipinski definition) is 1. The lowest BCUT2D eigenvalue weighted by atomic mass is 9.99. The molecule has 41 heavy (non-hydrogen) atoms. The highest BCUT2D eigenvalue weighted by atomic mass is 35.5. The average Bonchev–Trinajstić information content (AvgIpc) is 2.95. The molecule has 0 aliphatic rings. The molecule has 4 aromatic rings. The summed E-state index contributed by atoms with van der Waals surface area (Å²) in [6.07, 6.45) is 1.84. The molecule has 0 aliphatic heterocycles. The van der Waals surface area contributed by atoms with Crippen molar-refractivity contribution in [2.75, 3.05) is 14.2 Å². The molecule has 212 valence electrons. The van der Waals surface area contributed by atoms with E-state index in [1.54, 1.807) is 42.6 Å². The Morgan fingerprint density at radius 1 is 0.951 bits per heavy atom. The van der Waals surface area contributed by atoms with Crippen LogP contribution in [0.15, 0.2) is 60.8 Å². The summed E-state index contributed by atoms with van der Waals surface area (Å²) < 4.78 is 16.2. The van der Waals surface area contributed by atoms with E-state index in [2.05, 4.69) is 15.3 Å². The molecule has 0 atom stereocenters. The third kappa shape index (κ3) is 6.78. The summed E-state index contributed by atoms with van der Waals surface area (Å²) in [6, 6.07) is 16.0. The Morgan fingerprint density at radius 2 is 1.68 bits per heavy atom. The van der Waals surface area contributed by atoms with Crippen molar-refractivity contribution in [3.8, 4) is 45.3 Å². The van der Waals surface area contributed by atoms with Gasteiger partial charge in [0.05, 0.1) is 46.8 Å². The van der Waals surface area contributed by atoms with Crippen LogP contribution in [0.4, 0.5) is 4.79 Å². The van der Waals surface area contributed by atoms with Crippen LogP contribution in [0.3, 0.4) is 0 Å². The van der Waals surface area contributed by atoms with Crippen LogP contribution in [-0.2, 0) is 11.3 Å². The van der Waals surface area contributed by atoms with Crippen LogP contribution in [-0.4, -0.2) is 42.1 Å². The van der Waals surface area contributed by atoms with E-state index in [4.69, 9.17) is 37.4 Å². The number of pyridine rings is 2. The van der Waals surface area contributed by atoms with Gasteiger partial charge in [-0.2, -0.15) is 0 Å². The molecule has 0 saturated heterocycles. The molecule has 0 bridgehead atoms. The molecule has 2 heterocycles. The van der Waals surface area contributed by atoms with Crippen LogP contribution in [0.25, 0.3) is 33.6 Å². The van der Waals surface area contributed by atoms with Gasteiger partial charge in [-0.1, -0.05) is 47.5 Å². The molecule has 0 spiro atoms. The summed E-state index contributed by atoms with van der Waals surface area (Å²) in [7, 11) is 2.99. The molecule has 0 fully saturated rings. The number of rotatable bonds is 8. The molecule has 0 aliphatic carbocycles. The minimum atomic E-state index is -0.536. The fourth-order valence-corrected chi connectivity index (χ4v) is 4.79. The summed E-state index contributed by atoms with van der Waals surface area (Å²) >= 11 is 13.8. The molecule has 2 aromatic carbocycles. The van der Waals surface area contributed by atoms with E-state index in [1.165, 1.54) is 14.2 Å². The Kier molecular flexibility index (Phi) is 9.15. The van der Waals surface area contributed by atoms with Crippen molar-refractivity contribution in [2.24, 2.45) is 0 Å². The maximum absolute atomic E-state index is 12.1. The molecule has 10 heteroatoms. The third-order valence-electron chi connectivity index (χ3n) is 6.06. The fraction of sp³-hybridized carbons (Fsp3) is 0.226. The monoisotopic (exact) mass is 593 g/mol. The average molecular weight is 594 g/mol. The number of ether oxygens (including phenoxy) is 3. The Bertz CT molecular complexity index is 1600. The number of amides is 1. The highest BCUT2D eigenvalue weighted by molar-refractivity contribution is 6.39. The van der Waals surface area contributed by atoms with Crippen molar-refractivity contribution in [2.45, 2.75) is 32.9 Å². The fourth-order valence-electron chi connectivity index (χ4n) is 4.14. The quantitative estimate of drug-likeness (QED) is 0.209. The molecule has 0 saturated carbocycles. The predicted octanol–water partition coefficient (Wildman–Crippen LogP) is 7.64. The lowest BCUT2D eigenvalue weighted by Crippen LogP contribution is -2.40. The van der Waals surface area contributed by atoms with Crippen molar-refractivity contribution in [3.05, 3.63) is 82.0 Å². The second kappa shape index (κ2) is 12.6. The Hall–Kier alpha value is -4.14. The Morgan fingerprint density at radius 3 is 2.37 bits per heavy atom. The first kappa shape index (κ1) is 29.8.